The Morgan fingerprint density at radius 1 is 0.947 bits per heavy atom. The molecule has 3 unspecified atom stereocenters. The van der Waals surface area contributed by atoms with Crippen LogP contribution in [-0.4, -0.2) is 60.1 Å². The van der Waals surface area contributed by atoms with Crippen LogP contribution < -0.4 is 5.32 Å². The van der Waals surface area contributed by atoms with E-state index in [-0.39, 0.29) is 0 Å². The molecule has 3 nitrogen and oxygen atoms in total. The fourth-order valence-corrected chi connectivity index (χ4v) is 4.67. The van der Waals surface area contributed by atoms with Gasteiger partial charge < -0.3 is 10.2 Å². The van der Waals surface area contributed by atoms with Crippen molar-refractivity contribution in [2.75, 3.05) is 26.2 Å². The van der Waals surface area contributed by atoms with Crippen LogP contribution >= 0.6 is 0 Å². The van der Waals surface area contributed by atoms with Crippen LogP contribution in [0.4, 0.5) is 0 Å². The molecule has 1 saturated carbocycles. The lowest BCUT2D eigenvalue weighted by Gasteiger charge is -2.42. The standard InChI is InChI=1S/C16H29N3/c1-3-13(17-8-1)12-19(14-5-6-14)16-7-10-18-9-2-4-15(18)11-16/h13-17H,1-12H2. The Morgan fingerprint density at radius 3 is 2.68 bits per heavy atom. The summed E-state index contributed by atoms with van der Waals surface area (Å²) in [5.41, 5.74) is 0. The van der Waals surface area contributed by atoms with Gasteiger partial charge in [0, 0.05) is 30.7 Å². The van der Waals surface area contributed by atoms with Crippen molar-refractivity contribution in [1.82, 2.24) is 15.1 Å². The largest absolute Gasteiger partial charge is 0.313 e. The number of nitrogens with one attached hydrogen (secondary N) is 1. The highest BCUT2D eigenvalue weighted by Crippen LogP contribution is 2.36. The highest BCUT2D eigenvalue weighted by Gasteiger charge is 2.40. The Balaban J connectivity index is 1.39. The number of hydrogen-bond donors (Lipinski definition) is 1. The molecule has 1 aliphatic carbocycles. The lowest BCUT2D eigenvalue weighted by molar-refractivity contribution is 0.0763. The Kier molecular flexibility index (Phi) is 3.55. The minimum Gasteiger partial charge on any atom is -0.313 e. The van der Waals surface area contributed by atoms with Gasteiger partial charge in [0.1, 0.15) is 0 Å². The predicted octanol–water partition coefficient (Wildman–Crippen LogP) is 1.83. The zero-order valence-corrected chi connectivity index (χ0v) is 12.2. The summed E-state index contributed by atoms with van der Waals surface area (Å²) < 4.78 is 0. The molecule has 108 valence electrons. The minimum absolute atomic E-state index is 0.794. The van der Waals surface area contributed by atoms with Crippen molar-refractivity contribution in [3.63, 3.8) is 0 Å². The zero-order chi connectivity index (χ0) is 12.7. The molecule has 0 spiro atoms. The summed E-state index contributed by atoms with van der Waals surface area (Å²) in [6, 6.07) is 3.56. The third kappa shape index (κ3) is 2.70. The van der Waals surface area contributed by atoms with Gasteiger partial charge in [-0.25, -0.2) is 0 Å². The van der Waals surface area contributed by atoms with E-state index < -0.39 is 0 Å². The van der Waals surface area contributed by atoms with Gasteiger partial charge in [-0.2, -0.15) is 0 Å². The Morgan fingerprint density at radius 2 is 1.89 bits per heavy atom. The monoisotopic (exact) mass is 263 g/mol. The van der Waals surface area contributed by atoms with Crippen LogP contribution in [0.3, 0.4) is 0 Å². The maximum atomic E-state index is 3.70. The van der Waals surface area contributed by atoms with E-state index in [0.29, 0.717) is 0 Å². The van der Waals surface area contributed by atoms with E-state index in [0.717, 1.165) is 24.2 Å². The highest BCUT2D eigenvalue weighted by atomic mass is 15.3. The number of fused-ring (bicyclic) bond motifs is 1. The first-order valence-corrected chi connectivity index (χ1v) is 8.63. The fraction of sp³-hybridized carbons (Fsp3) is 1.00. The third-order valence-corrected chi connectivity index (χ3v) is 5.87. The number of rotatable bonds is 4. The first-order valence-electron chi connectivity index (χ1n) is 8.63. The van der Waals surface area contributed by atoms with Crippen molar-refractivity contribution >= 4 is 0 Å². The summed E-state index contributed by atoms with van der Waals surface area (Å²) in [6.07, 6.45) is 11.6. The molecule has 3 saturated heterocycles. The summed E-state index contributed by atoms with van der Waals surface area (Å²) in [7, 11) is 0. The number of nitrogens with zero attached hydrogens (tertiary/aromatic N) is 2. The van der Waals surface area contributed by atoms with Crippen LogP contribution in [0.1, 0.15) is 51.4 Å². The smallest absolute Gasteiger partial charge is 0.0195 e. The topological polar surface area (TPSA) is 18.5 Å². The average Bonchev–Trinajstić information content (AvgIpc) is 2.96. The van der Waals surface area contributed by atoms with E-state index in [2.05, 4.69) is 15.1 Å². The lowest BCUT2D eigenvalue weighted by Crippen LogP contribution is -2.51. The molecule has 0 aromatic carbocycles. The molecule has 4 aliphatic rings. The van der Waals surface area contributed by atoms with E-state index >= 15 is 0 Å². The van der Waals surface area contributed by atoms with Gasteiger partial charge in [-0.1, -0.05) is 0 Å². The molecule has 3 aliphatic heterocycles. The molecule has 0 amide bonds. The van der Waals surface area contributed by atoms with Crippen LogP contribution in [0.15, 0.2) is 0 Å². The first-order chi connectivity index (χ1) is 9.40. The number of hydrogen-bond acceptors (Lipinski definition) is 3. The van der Waals surface area contributed by atoms with Gasteiger partial charge in [-0.3, -0.25) is 4.90 Å². The maximum absolute atomic E-state index is 3.70. The molecule has 4 fully saturated rings. The second-order valence-electron chi connectivity index (χ2n) is 7.23. The van der Waals surface area contributed by atoms with Crippen LogP contribution in [0.25, 0.3) is 0 Å². The number of piperidine rings is 1. The molecule has 0 bridgehead atoms. The zero-order valence-electron chi connectivity index (χ0n) is 12.2. The molecule has 3 heterocycles. The van der Waals surface area contributed by atoms with Gasteiger partial charge in [0.15, 0.2) is 0 Å². The van der Waals surface area contributed by atoms with Gasteiger partial charge >= 0.3 is 0 Å². The summed E-state index contributed by atoms with van der Waals surface area (Å²) in [4.78, 5) is 5.67. The van der Waals surface area contributed by atoms with Gasteiger partial charge in [0.25, 0.3) is 0 Å². The molecule has 3 heteroatoms. The van der Waals surface area contributed by atoms with Gasteiger partial charge in [-0.05, 0) is 71.0 Å². The van der Waals surface area contributed by atoms with Crippen LogP contribution in [0, 0.1) is 0 Å². The predicted molar refractivity (Wildman–Crippen MR) is 78.4 cm³/mol. The maximum Gasteiger partial charge on any atom is 0.0195 e. The van der Waals surface area contributed by atoms with Crippen molar-refractivity contribution < 1.29 is 0 Å². The molecule has 0 aromatic heterocycles. The molecule has 0 aromatic rings. The third-order valence-electron chi connectivity index (χ3n) is 5.87. The highest BCUT2D eigenvalue weighted by molar-refractivity contribution is 4.97. The van der Waals surface area contributed by atoms with Crippen LogP contribution in [0.5, 0.6) is 0 Å². The molecular formula is C16H29N3. The summed E-state index contributed by atoms with van der Waals surface area (Å²) in [5.74, 6) is 0. The van der Waals surface area contributed by atoms with Crippen LogP contribution in [0.2, 0.25) is 0 Å². The summed E-state index contributed by atoms with van der Waals surface area (Å²) in [6.45, 7) is 5.34. The summed E-state index contributed by atoms with van der Waals surface area (Å²) >= 11 is 0. The van der Waals surface area contributed by atoms with E-state index in [1.807, 2.05) is 0 Å². The van der Waals surface area contributed by atoms with Crippen molar-refractivity contribution in [1.29, 1.82) is 0 Å². The van der Waals surface area contributed by atoms with Crippen molar-refractivity contribution in [3.05, 3.63) is 0 Å². The van der Waals surface area contributed by atoms with E-state index in [4.69, 9.17) is 0 Å². The average molecular weight is 263 g/mol. The fourth-order valence-electron chi connectivity index (χ4n) is 4.67. The first kappa shape index (κ1) is 12.6. The second-order valence-corrected chi connectivity index (χ2v) is 7.23. The van der Waals surface area contributed by atoms with Crippen LogP contribution in [-0.2, 0) is 0 Å². The van der Waals surface area contributed by atoms with Crippen molar-refractivity contribution in [3.8, 4) is 0 Å². The summed E-state index contributed by atoms with van der Waals surface area (Å²) in [5, 5.41) is 3.70. The van der Waals surface area contributed by atoms with E-state index in [9.17, 15) is 0 Å². The second kappa shape index (κ2) is 5.34. The van der Waals surface area contributed by atoms with E-state index in [1.165, 1.54) is 77.5 Å². The molecule has 3 atom stereocenters. The van der Waals surface area contributed by atoms with Gasteiger partial charge in [0.2, 0.25) is 0 Å². The normalized spacial score (nSPS) is 39.9. The van der Waals surface area contributed by atoms with E-state index in [1.54, 1.807) is 0 Å². The Labute approximate surface area is 117 Å². The molecule has 1 N–H and O–H groups in total. The quantitative estimate of drug-likeness (QED) is 0.835. The van der Waals surface area contributed by atoms with Gasteiger partial charge in [-0.15, -0.1) is 0 Å². The molecule has 19 heavy (non-hydrogen) atoms. The lowest BCUT2D eigenvalue weighted by atomic mass is 9.95. The van der Waals surface area contributed by atoms with Crippen molar-refractivity contribution in [2.45, 2.75) is 75.5 Å². The Hall–Kier alpha value is -0.120. The SMILES string of the molecule is C1CNC(CN(C2CC2)C2CCN3CCCC3C2)C1. The molecular weight excluding hydrogens is 234 g/mol. The molecule has 0 radical (unpaired) electrons. The molecule has 4 rings (SSSR count). The van der Waals surface area contributed by atoms with Crippen molar-refractivity contribution in [2.24, 2.45) is 0 Å². The Bertz CT molecular complexity index is 309. The van der Waals surface area contributed by atoms with Gasteiger partial charge in [0.05, 0.1) is 0 Å². The minimum atomic E-state index is 0.794.